The smallest absolute Gasteiger partial charge is 0.340 e. The average Bonchev–Trinajstić information content (AvgIpc) is 3.16. The van der Waals surface area contributed by atoms with E-state index < -0.39 is 0 Å². The van der Waals surface area contributed by atoms with Gasteiger partial charge in [-0.15, -0.1) is 0 Å². The van der Waals surface area contributed by atoms with Crippen molar-refractivity contribution in [3.8, 4) is 6.07 Å². The Kier molecular flexibility index (Phi) is 5.63. The Bertz CT molecular complexity index is 1250. The lowest BCUT2D eigenvalue weighted by Gasteiger charge is -2.09. The molecule has 4 aromatic rings. The normalized spacial score (nSPS) is 10.7. The van der Waals surface area contributed by atoms with Crippen LogP contribution in [-0.4, -0.2) is 17.6 Å². The van der Waals surface area contributed by atoms with E-state index in [1.807, 2.05) is 43.5 Å². The van der Waals surface area contributed by atoms with Crippen LogP contribution in [-0.2, 0) is 17.6 Å². The van der Waals surface area contributed by atoms with E-state index in [4.69, 9.17) is 10.00 Å². The van der Waals surface area contributed by atoms with Crippen molar-refractivity contribution in [2.24, 2.45) is 0 Å². The molecule has 0 radical (unpaired) electrons. The molecule has 3 aromatic carbocycles. The number of nitriles is 1. The van der Waals surface area contributed by atoms with E-state index in [1.54, 1.807) is 6.07 Å². The molecule has 1 heterocycles. The third-order valence-corrected chi connectivity index (χ3v) is 5.17. The number of rotatable bonds is 6. The van der Waals surface area contributed by atoms with Gasteiger partial charge in [-0.25, -0.2) is 4.79 Å². The van der Waals surface area contributed by atoms with E-state index in [0.29, 0.717) is 30.6 Å². The van der Waals surface area contributed by atoms with Crippen molar-refractivity contribution in [3.63, 3.8) is 0 Å². The first kappa shape index (κ1) is 19.5. The Morgan fingerprint density at radius 3 is 2.57 bits per heavy atom. The maximum absolute atomic E-state index is 12.8. The van der Waals surface area contributed by atoms with Crippen LogP contribution in [0.15, 0.2) is 72.9 Å². The van der Waals surface area contributed by atoms with E-state index >= 15 is 0 Å². The first-order valence-electron chi connectivity index (χ1n) is 10.0. The summed E-state index contributed by atoms with van der Waals surface area (Å²) in [4.78, 5) is 16.1. The number of hydrogen-bond acceptors (Lipinski definition) is 3. The fourth-order valence-electron chi connectivity index (χ4n) is 3.77. The quantitative estimate of drug-likeness (QED) is 0.445. The van der Waals surface area contributed by atoms with Gasteiger partial charge >= 0.3 is 5.97 Å². The molecule has 0 saturated carbocycles. The SMILES string of the molecule is CCOC(=O)c1c(Cc2cccc(C#N)c2)c[nH]c1Cc1ccc2ccccc2c1. The fourth-order valence-corrected chi connectivity index (χ4v) is 3.77. The number of nitrogens with one attached hydrogen (secondary N) is 1. The van der Waals surface area contributed by atoms with Crippen LogP contribution in [0.4, 0.5) is 0 Å². The van der Waals surface area contributed by atoms with E-state index in [0.717, 1.165) is 22.4 Å². The first-order chi connectivity index (χ1) is 14.7. The minimum atomic E-state index is -0.319. The van der Waals surface area contributed by atoms with Gasteiger partial charge in [0.05, 0.1) is 23.8 Å². The lowest BCUT2D eigenvalue weighted by atomic mass is 9.98. The second kappa shape index (κ2) is 8.67. The van der Waals surface area contributed by atoms with Crippen LogP contribution in [0.25, 0.3) is 10.8 Å². The number of carbonyl (C=O) groups excluding carboxylic acids is 1. The summed E-state index contributed by atoms with van der Waals surface area (Å²) in [6, 6.07) is 24.2. The zero-order valence-corrected chi connectivity index (χ0v) is 16.8. The number of esters is 1. The third-order valence-electron chi connectivity index (χ3n) is 5.17. The largest absolute Gasteiger partial charge is 0.462 e. The van der Waals surface area contributed by atoms with Crippen LogP contribution in [0.5, 0.6) is 0 Å². The predicted molar refractivity (Wildman–Crippen MR) is 117 cm³/mol. The molecule has 148 valence electrons. The minimum Gasteiger partial charge on any atom is -0.462 e. The Hall–Kier alpha value is -3.84. The molecule has 0 aliphatic rings. The van der Waals surface area contributed by atoms with Gasteiger partial charge in [0.1, 0.15) is 0 Å². The van der Waals surface area contributed by atoms with Gasteiger partial charge in [-0.2, -0.15) is 5.26 Å². The molecule has 0 unspecified atom stereocenters. The van der Waals surface area contributed by atoms with E-state index in [2.05, 4.69) is 41.4 Å². The van der Waals surface area contributed by atoms with Gasteiger partial charge < -0.3 is 9.72 Å². The average molecular weight is 394 g/mol. The Morgan fingerprint density at radius 1 is 0.967 bits per heavy atom. The van der Waals surface area contributed by atoms with Crippen LogP contribution >= 0.6 is 0 Å². The van der Waals surface area contributed by atoms with Crippen LogP contribution in [0.3, 0.4) is 0 Å². The van der Waals surface area contributed by atoms with Gasteiger partial charge in [0.25, 0.3) is 0 Å². The Labute approximate surface area is 175 Å². The zero-order chi connectivity index (χ0) is 20.9. The molecular weight excluding hydrogens is 372 g/mol. The monoisotopic (exact) mass is 394 g/mol. The summed E-state index contributed by atoms with van der Waals surface area (Å²) >= 11 is 0. The molecule has 0 aliphatic heterocycles. The number of ether oxygens (including phenoxy) is 1. The van der Waals surface area contributed by atoms with Crippen LogP contribution in [0.1, 0.15) is 45.2 Å². The molecule has 4 heteroatoms. The summed E-state index contributed by atoms with van der Waals surface area (Å²) in [6.45, 7) is 2.13. The first-order valence-corrected chi connectivity index (χ1v) is 10.0. The molecule has 0 saturated heterocycles. The highest BCUT2D eigenvalue weighted by atomic mass is 16.5. The van der Waals surface area contributed by atoms with Crippen molar-refractivity contribution < 1.29 is 9.53 Å². The third kappa shape index (κ3) is 4.11. The van der Waals surface area contributed by atoms with Gasteiger partial charge in [-0.05, 0) is 52.9 Å². The van der Waals surface area contributed by atoms with E-state index in [9.17, 15) is 4.79 Å². The second-order valence-corrected chi connectivity index (χ2v) is 7.24. The molecule has 0 atom stereocenters. The molecule has 4 rings (SSSR count). The summed E-state index contributed by atoms with van der Waals surface area (Å²) in [6.07, 6.45) is 3.04. The Morgan fingerprint density at radius 2 is 1.77 bits per heavy atom. The number of H-pyrrole nitrogens is 1. The summed E-state index contributed by atoms with van der Waals surface area (Å²) in [7, 11) is 0. The van der Waals surface area contributed by atoms with Crippen molar-refractivity contribution in [3.05, 3.63) is 106 Å². The molecule has 0 bridgehead atoms. The number of carbonyl (C=O) groups is 1. The van der Waals surface area contributed by atoms with E-state index in [1.165, 1.54) is 10.8 Å². The van der Waals surface area contributed by atoms with Gasteiger partial charge in [0.15, 0.2) is 0 Å². The number of aromatic nitrogens is 1. The molecule has 0 spiro atoms. The van der Waals surface area contributed by atoms with Gasteiger partial charge in [-0.1, -0.05) is 54.6 Å². The molecule has 4 nitrogen and oxygen atoms in total. The highest BCUT2D eigenvalue weighted by Crippen LogP contribution is 2.24. The summed E-state index contributed by atoms with van der Waals surface area (Å²) < 4.78 is 5.35. The van der Waals surface area contributed by atoms with Crippen molar-refractivity contribution in [2.75, 3.05) is 6.61 Å². The topological polar surface area (TPSA) is 65.9 Å². The second-order valence-electron chi connectivity index (χ2n) is 7.24. The molecule has 1 N–H and O–H groups in total. The summed E-state index contributed by atoms with van der Waals surface area (Å²) in [5, 5.41) is 11.5. The van der Waals surface area contributed by atoms with Crippen molar-refractivity contribution in [2.45, 2.75) is 19.8 Å². The zero-order valence-electron chi connectivity index (χ0n) is 16.8. The molecule has 1 aromatic heterocycles. The summed E-state index contributed by atoms with van der Waals surface area (Å²) in [5.74, 6) is -0.319. The fraction of sp³-hybridized carbons (Fsp3) is 0.154. The number of hydrogen-bond donors (Lipinski definition) is 1. The van der Waals surface area contributed by atoms with Gasteiger partial charge in [-0.3, -0.25) is 0 Å². The molecule has 0 aliphatic carbocycles. The van der Waals surface area contributed by atoms with Crippen LogP contribution < -0.4 is 0 Å². The molecule has 30 heavy (non-hydrogen) atoms. The van der Waals surface area contributed by atoms with Crippen LogP contribution in [0.2, 0.25) is 0 Å². The lowest BCUT2D eigenvalue weighted by molar-refractivity contribution is 0.0524. The molecule has 0 amide bonds. The minimum absolute atomic E-state index is 0.319. The molecular formula is C26H22N2O2. The van der Waals surface area contributed by atoms with Gasteiger partial charge in [0, 0.05) is 18.3 Å². The maximum atomic E-state index is 12.8. The van der Waals surface area contributed by atoms with Crippen molar-refractivity contribution >= 4 is 16.7 Å². The summed E-state index contributed by atoms with van der Waals surface area (Å²) in [5.41, 5.74) is 5.02. The van der Waals surface area contributed by atoms with Crippen molar-refractivity contribution in [1.29, 1.82) is 5.26 Å². The Balaban J connectivity index is 1.68. The lowest BCUT2D eigenvalue weighted by Crippen LogP contribution is -2.10. The number of fused-ring (bicyclic) bond motifs is 1. The van der Waals surface area contributed by atoms with Crippen LogP contribution in [0, 0.1) is 11.3 Å². The van der Waals surface area contributed by atoms with Crippen molar-refractivity contribution in [1.82, 2.24) is 4.98 Å². The van der Waals surface area contributed by atoms with E-state index in [-0.39, 0.29) is 5.97 Å². The standard InChI is InChI=1S/C26H22N2O2/c1-2-30-26(29)25-23(14-18-6-5-7-20(12-18)16-27)17-28-24(25)15-19-10-11-21-8-3-4-9-22(21)13-19/h3-13,17,28H,2,14-15H2,1H3. The number of benzene rings is 3. The highest BCUT2D eigenvalue weighted by molar-refractivity contribution is 5.93. The molecule has 0 fully saturated rings. The predicted octanol–water partition coefficient (Wildman–Crippen LogP) is 5.40. The van der Waals surface area contributed by atoms with Gasteiger partial charge in [0.2, 0.25) is 0 Å². The number of aromatic amines is 1. The maximum Gasteiger partial charge on any atom is 0.340 e. The number of nitrogens with zero attached hydrogens (tertiary/aromatic N) is 1. The highest BCUT2D eigenvalue weighted by Gasteiger charge is 2.20.